The molecule has 6 heteroatoms. The summed E-state index contributed by atoms with van der Waals surface area (Å²) in [7, 11) is -1.73. The second kappa shape index (κ2) is 5.95. The summed E-state index contributed by atoms with van der Waals surface area (Å²) in [5.74, 6) is 0.442. The van der Waals surface area contributed by atoms with Crippen molar-refractivity contribution in [1.82, 2.24) is 9.03 Å². The fourth-order valence-corrected chi connectivity index (χ4v) is 3.32. The van der Waals surface area contributed by atoms with Crippen LogP contribution in [0.25, 0.3) is 0 Å². The van der Waals surface area contributed by atoms with Crippen molar-refractivity contribution in [1.29, 1.82) is 0 Å². The number of nitrogens with two attached hydrogens (primary N) is 1. The number of nitrogens with zero attached hydrogens (tertiary/aromatic N) is 1. The third-order valence-corrected chi connectivity index (χ3v) is 4.85. The third kappa shape index (κ3) is 3.69. The van der Waals surface area contributed by atoms with Gasteiger partial charge in [0.1, 0.15) is 0 Å². The van der Waals surface area contributed by atoms with Crippen LogP contribution in [0, 0.1) is 5.92 Å². The predicted molar refractivity (Wildman–Crippen MR) is 65.2 cm³/mol. The van der Waals surface area contributed by atoms with E-state index >= 15 is 0 Å². The Labute approximate surface area is 98.6 Å². The second-order valence-corrected chi connectivity index (χ2v) is 6.41. The molecule has 5 nitrogen and oxygen atoms in total. The molecule has 0 radical (unpaired) electrons. The van der Waals surface area contributed by atoms with Gasteiger partial charge in [0.05, 0.1) is 0 Å². The van der Waals surface area contributed by atoms with Gasteiger partial charge in [-0.05, 0) is 31.7 Å². The Morgan fingerprint density at radius 2 is 2.12 bits per heavy atom. The van der Waals surface area contributed by atoms with Crippen molar-refractivity contribution in [2.75, 3.05) is 20.1 Å². The summed E-state index contributed by atoms with van der Waals surface area (Å²) in [6.07, 6.45) is 3.86. The molecule has 1 aliphatic carbocycles. The van der Waals surface area contributed by atoms with E-state index in [0.29, 0.717) is 25.4 Å². The first-order valence-electron chi connectivity index (χ1n) is 5.91. The summed E-state index contributed by atoms with van der Waals surface area (Å²) in [4.78, 5) is 0. The summed E-state index contributed by atoms with van der Waals surface area (Å²) in [6.45, 7) is 3.09. The van der Waals surface area contributed by atoms with E-state index in [4.69, 9.17) is 5.73 Å². The molecular formula is C10H23N3O2S. The van der Waals surface area contributed by atoms with E-state index in [0.717, 1.165) is 19.3 Å². The number of hydrogen-bond acceptors (Lipinski definition) is 3. The minimum Gasteiger partial charge on any atom is -0.330 e. The van der Waals surface area contributed by atoms with Crippen LogP contribution >= 0.6 is 0 Å². The fraction of sp³-hybridized carbons (Fsp3) is 1.00. The fourth-order valence-electron chi connectivity index (χ4n) is 2.04. The zero-order chi connectivity index (χ0) is 12.2. The molecule has 3 N–H and O–H groups in total. The quantitative estimate of drug-likeness (QED) is 0.710. The van der Waals surface area contributed by atoms with Crippen molar-refractivity contribution >= 4 is 10.2 Å². The zero-order valence-electron chi connectivity index (χ0n) is 10.1. The Morgan fingerprint density at radius 1 is 1.44 bits per heavy atom. The lowest BCUT2D eigenvalue weighted by atomic mass is 10.1. The van der Waals surface area contributed by atoms with Crippen LogP contribution in [0.3, 0.4) is 0 Å². The van der Waals surface area contributed by atoms with E-state index in [9.17, 15) is 8.42 Å². The molecule has 0 aromatic heterocycles. The van der Waals surface area contributed by atoms with Gasteiger partial charge in [0.25, 0.3) is 10.2 Å². The van der Waals surface area contributed by atoms with Crippen LogP contribution in [-0.2, 0) is 10.2 Å². The van der Waals surface area contributed by atoms with Crippen LogP contribution in [0.5, 0.6) is 0 Å². The average molecular weight is 249 g/mol. The van der Waals surface area contributed by atoms with Gasteiger partial charge in [0.15, 0.2) is 0 Å². The van der Waals surface area contributed by atoms with Crippen molar-refractivity contribution in [3.63, 3.8) is 0 Å². The van der Waals surface area contributed by atoms with Gasteiger partial charge in [0, 0.05) is 19.6 Å². The number of nitrogens with one attached hydrogen (secondary N) is 1. The molecule has 0 aliphatic heterocycles. The molecule has 0 aromatic carbocycles. The molecule has 1 saturated carbocycles. The number of hydrogen-bond donors (Lipinski definition) is 2. The largest absolute Gasteiger partial charge is 0.330 e. The van der Waals surface area contributed by atoms with Crippen molar-refractivity contribution < 1.29 is 8.42 Å². The van der Waals surface area contributed by atoms with Gasteiger partial charge < -0.3 is 5.73 Å². The molecule has 0 aromatic rings. The summed E-state index contributed by atoms with van der Waals surface area (Å²) >= 11 is 0. The van der Waals surface area contributed by atoms with Gasteiger partial charge in [0.2, 0.25) is 0 Å². The molecule has 0 saturated heterocycles. The second-order valence-electron chi connectivity index (χ2n) is 4.60. The summed E-state index contributed by atoms with van der Waals surface area (Å²) < 4.78 is 27.9. The Hall–Kier alpha value is -0.170. The highest BCUT2D eigenvalue weighted by atomic mass is 32.2. The van der Waals surface area contributed by atoms with Crippen molar-refractivity contribution in [3.8, 4) is 0 Å². The monoisotopic (exact) mass is 249 g/mol. The molecular weight excluding hydrogens is 226 g/mol. The lowest BCUT2D eigenvalue weighted by Crippen LogP contribution is -2.45. The Morgan fingerprint density at radius 3 is 2.62 bits per heavy atom. The lowest BCUT2D eigenvalue weighted by Gasteiger charge is -2.22. The van der Waals surface area contributed by atoms with Crippen molar-refractivity contribution in [3.05, 3.63) is 0 Å². The van der Waals surface area contributed by atoms with Crippen LogP contribution in [0.4, 0.5) is 0 Å². The van der Waals surface area contributed by atoms with E-state index in [-0.39, 0.29) is 6.04 Å². The summed E-state index contributed by atoms with van der Waals surface area (Å²) in [6, 6.07) is 0.102. The maximum atomic E-state index is 11.9. The normalized spacial score (nSPS) is 26.5. The van der Waals surface area contributed by atoms with E-state index in [1.54, 1.807) is 7.05 Å². The molecule has 16 heavy (non-hydrogen) atoms. The minimum absolute atomic E-state index is 0.102. The van der Waals surface area contributed by atoms with Gasteiger partial charge in [-0.3, -0.25) is 0 Å². The highest BCUT2D eigenvalue weighted by Gasteiger charge is 2.29. The maximum Gasteiger partial charge on any atom is 0.279 e. The van der Waals surface area contributed by atoms with Crippen LogP contribution in [0.15, 0.2) is 0 Å². The first kappa shape index (κ1) is 13.9. The van der Waals surface area contributed by atoms with Gasteiger partial charge in [-0.15, -0.1) is 0 Å². The first-order chi connectivity index (χ1) is 7.47. The molecule has 0 heterocycles. The van der Waals surface area contributed by atoms with Crippen LogP contribution in [0.1, 0.15) is 32.6 Å². The van der Waals surface area contributed by atoms with E-state index in [1.807, 2.05) is 0 Å². The van der Waals surface area contributed by atoms with Crippen molar-refractivity contribution in [2.24, 2.45) is 11.7 Å². The highest BCUT2D eigenvalue weighted by molar-refractivity contribution is 7.87. The standard InChI is InChI=1S/C10H23N3O2S/c1-9-5-3-6-10(9)12-16(14,15)13(2)8-4-7-11/h9-10,12H,3-8,11H2,1-2H3. The average Bonchev–Trinajstić information content (AvgIpc) is 2.60. The number of rotatable bonds is 6. The molecule has 1 aliphatic rings. The van der Waals surface area contributed by atoms with Gasteiger partial charge in [-0.2, -0.15) is 17.4 Å². The summed E-state index contributed by atoms with van der Waals surface area (Å²) in [5, 5.41) is 0. The Kier molecular flexibility index (Phi) is 5.17. The minimum atomic E-state index is -3.32. The SMILES string of the molecule is CC1CCCC1NS(=O)(=O)N(C)CCCN. The third-order valence-electron chi connectivity index (χ3n) is 3.25. The van der Waals surface area contributed by atoms with Crippen LogP contribution in [0.2, 0.25) is 0 Å². The van der Waals surface area contributed by atoms with Gasteiger partial charge >= 0.3 is 0 Å². The van der Waals surface area contributed by atoms with Crippen molar-refractivity contribution in [2.45, 2.75) is 38.6 Å². The van der Waals surface area contributed by atoms with Gasteiger partial charge in [-0.1, -0.05) is 13.3 Å². The van der Waals surface area contributed by atoms with Crippen LogP contribution < -0.4 is 10.5 Å². The molecule has 2 atom stereocenters. The van der Waals surface area contributed by atoms with Crippen LogP contribution in [-0.4, -0.2) is 38.9 Å². The zero-order valence-corrected chi connectivity index (χ0v) is 11.0. The predicted octanol–water partition coefficient (Wildman–Crippen LogP) is 0.290. The maximum absolute atomic E-state index is 11.9. The lowest BCUT2D eigenvalue weighted by molar-refractivity contribution is 0.421. The molecule has 2 unspecified atom stereocenters. The molecule has 96 valence electrons. The molecule has 0 bridgehead atoms. The summed E-state index contributed by atoms with van der Waals surface area (Å²) in [5.41, 5.74) is 5.36. The Balaban J connectivity index is 2.50. The molecule has 1 fully saturated rings. The Bertz CT molecular complexity index is 305. The molecule has 0 amide bonds. The first-order valence-corrected chi connectivity index (χ1v) is 7.35. The molecule has 1 rings (SSSR count). The molecule has 0 spiro atoms. The van der Waals surface area contributed by atoms with Gasteiger partial charge in [-0.25, -0.2) is 0 Å². The van der Waals surface area contributed by atoms with E-state index in [2.05, 4.69) is 11.6 Å². The highest BCUT2D eigenvalue weighted by Crippen LogP contribution is 2.25. The topological polar surface area (TPSA) is 75.4 Å². The van der Waals surface area contributed by atoms with E-state index in [1.165, 1.54) is 4.31 Å². The smallest absolute Gasteiger partial charge is 0.279 e. The van der Waals surface area contributed by atoms with E-state index < -0.39 is 10.2 Å².